The molecule has 0 bridgehead atoms. The summed E-state index contributed by atoms with van der Waals surface area (Å²) >= 11 is 0. The van der Waals surface area contributed by atoms with Crippen molar-refractivity contribution in [3.63, 3.8) is 0 Å². The second-order valence-corrected chi connectivity index (χ2v) is 1.99. The molecule has 2 unspecified atom stereocenters. The van der Waals surface area contributed by atoms with Crippen LogP contribution >= 0.6 is 0 Å². The van der Waals surface area contributed by atoms with Gasteiger partial charge in [-0.15, -0.1) is 0 Å². The first-order valence-corrected chi connectivity index (χ1v) is 3.06. The molecule has 0 saturated carbocycles. The smallest absolute Gasteiger partial charge is 0.547 e. The standard InChI is InChI=1S/2C3H6O3.Ni.4H2O/c2*1-2(4)3(5)6;;;;;/h2*2,4H,1H3,(H,5,6);;4*1H2/q;;+2;;;;/p-2. The summed E-state index contributed by atoms with van der Waals surface area (Å²) in [5, 5.41) is 34.6. The molecule has 0 spiro atoms. The molecule has 0 aliphatic carbocycles. The summed E-state index contributed by atoms with van der Waals surface area (Å²) in [6, 6.07) is 0. The summed E-state index contributed by atoms with van der Waals surface area (Å²) in [5.74, 6) is -2.87. The third-order valence-corrected chi connectivity index (χ3v) is 0.682. The summed E-state index contributed by atoms with van der Waals surface area (Å²) in [6.07, 6.45) is -2.69. The molecular weight excluding hydrogens is 291 g/mol. The Labute approximate surface area is 107 Å². The first kappa shape index (κ1) is 44.2. The Morgan fingerprint density at radius 3 is 0.882 bits per heavy atom. The third-order valence-electron chi connectivity index (χ3n) is 0.682. The Hall–Kier alpha value is -0.806. The van der Waals surface area contributed by atoms with Gasteiger partial charge in [0.2, 0.25) is 0 Å². The van der Waals surface area contributed by atoms with Crippen molar-refractivity contribution < 1.29 is 68.4 Å². The minimum atomic E-state index is -1.44. The Balaban J connectivity index is -0.0000000182. The maximum absolute atomic E-state index is 9.34. The summed E-state index contributed by atoms with van der Waals surface area (Å²) in [6.45, 7) is 2.27. The van der Waals surface area contributed by atoms with Crippen molar-refractivity contribution in [2.45, 2.75) is 26.1 Å². The molecule has 0 fully saturated rings. The summed E-state index contributed by atoms with van der Waals surface area (Å²) in [5.41, 5.74) is 0. The average molecular weight is 309 g/mol. The SMILES string of the molecule is CC(O)C(=O)[O-].CC(O)C(=O)[O-].O.O.O.O.[Ni+2]. The molecule has 10 nitrogen and oxygen atoms in total. The average Bonchev–Trinajstić information content (AvgIpc) is 1.88. The van der Waals surface area contributed by atoms with Crippen molar-refractivity contribution >= 4 is 11.9 Å². The largest absolute Gasteiger partial charge is 2.00 e. The number of carboxylic acids is 2. The first-order valence-electron chi connectivity index (χ1n) is 3.06. The maximum Gasteiger partial charge on any atom is 2.00 e. The predicted molar refractivity (Wildman–Crippen MR) is 47.8 cm³/mol. The van der Waals surface area contributed by atoms with Gasteiger partial charge in [-0.05, 0) is 13.8 Å². The van der Waals surface area contributed by atoms with E-state index < -0.39 is 24.1 Å². The summed E-state index contributed by atoms with van der Waals surface area (Å²) in [7, 11) is 0. The second kappa shape index (κ2) is 24.4. The van der Waals surface area contributed by atoms with E-state index in [1.54, 1.807) is 0 Å². The molecule has 0 radical (unpaired) electrons. The van der Waals surface area contributed by atoms with Crippen LogP contribution in [0.2, 0.25) is 0 Å². The molecule has 0 amide bonds. The molecule has 0 aromatic rings. The van der Waals surface area contributed by atoms with Gasteiger partial charge in [0.05, 0.1) is 24.1 Å². The van der Waals surface area contributed by atoms with Crippen LogP contribution in [-0.4, -0.2) is 56.3 Å². The fraction of sp³-hybridized carbons (Fsp3) is 0.667. The Morgan fingerprint density at radius 2 is 0.882 bits per heavy atom. The molecular formula is C6H18NiO10. The molecule has 0 aromatic heterocycles. The number of aliphatic hydroxyl groups excluding tert-OH is 2. The van der Waals surface area contributed by atoms with Gasteiger partial charge < -0.3 is 51.9 Å². The molecule has 112 valence electrons. The predicted octanol–water partition coefficient (Wildman–Crippen LogP) is -7.07. The molecule has 0 heterocycles. The van der Waals surface area contributed by atoms with Crippen molar-refractivity contribution in [3.8, 4) is 0 Å². The van der Waals surface area contributed by atoms with Crippen molar-refractivity contribution in [1.29, 1.82) is 0 Å². The Morgan fingerprint density at radius 1 is 0.824 bits per heavy atom. The molecule has 2 atom stereocenters. The molecule has 0 aliphatic rings. The van der Waals surface area contributed by atoms with Gasteiger partial charge in [0.1, 0.15) is 0 Å². The first-order chi connectivity index (χ1) is 5.29. The van der Waals surface area contributed by atoms with Crippen LogP contribution in [0.5, 0.6) is 0 Å². The Bertz CT molecular complexity index is 141. The van der Waals surface area contributed by atoms with Gasteiger partial charge in [0.25, 0.3) is 0 Å². The van der Waals surface area contributed by atoms with Crippen LogP contribution in [0, 0.1) is 0 Å². The fourth-order valence-electron chi connectivity index (χ4n) is 0. The molecule has 0 saturated heterocycles. The van der Waals surface area contributed by atoms with E-state index in [0.29, 0.717) is 0 Å². The monoisotopic (exact) mass is 308 g/mol. The van der Waals surface area contributed by atoms with Crippen LogP contribution in [0.25, 0.3) is 0 Å². The third kappa shape index (κ3) is 51.1. The van der Waals surface area contributed by atoms with E-state index >= 15 is 0 Å². The Kier molecular flexibility index (Phi) is 63.6. The van der Waals surface area contributed by atoms with E-state index in [9.17, 15) is 19.8 Å². The molecule has 11 heteroatoms. The van der Waals surface area contributed by atoms with E-state index in [4.69, 9.17) is 10.2 Å². The van der Waals surface area contributed by atoms with Crippen molar-refractivity contribution in [1.82, 2.24) is 0 Å². The number of aliphatic carboxylic acids is 2. The number of rotatable bonds is 2. The minimum Gasteiger partial charge on any atom is -0.547 e. The van der Waals surface area contributed by atoms with Gasteiger partial charge in [0, 0.05) is 0 Å². The van der Waals surface area contributed by atoms with Crippen molar-refractivity contribution in [2.24, 2.45) is 0 Å². The number of hydrogen-bond acceptors (Lipinski definition) is 6. The zero-order valence-corrected chi connectivity index (χ0v) is 9.99. The zero-order chi connectivity index (χ0) is 10.3. The van der Waals surface area contributed by atoms with Crippen molar-refractivity contribution in [2.75, 3.05) is 0 Å². The number of aliphatic hydroxyl groups is 2. The number of carbonyl (C=O) groups is 2. The number of hydrogen-bond donors (Lipinski definition) is 2. The quantitative estimate of drug-likeness (QED) is 0.468. The van der Waals surface area contributed by atoms with Gasteiger partial charge in [-0.3, -0.25) is 0 Å². The van der Waals surface area contributed by atoms with E-state index in [-0.39, 0.29) is 38.4 Å². The molecule has 0 aromatic carbocycles. The van der Waals surface area contributed by atoms with Gasteiger partial charge in [-0.2, -0.15) is 0 Å². The van der Waals surface area contributed by atoms with Crippen LogP contribution in [0.1, 0.15) is 13.8 Å². The van der Waals surface area contributed by atoms with Crippen molar-refractivity contribution in [3.05, 3.63) is 0 Å². The van der Waals surface area contributed by atoms with Gasteiger partial charge in [0.15, 0.2) is 0 Å². The van der Waals surface area contributed by atoms with Gasteiger partial charge in [-0.1, -0.05) is 0 Å². The molecule has 17 heavy (non-hydrogen) atoms. The van der Waals surface area contributed by atoms with E-state index in [1.807, 2.05) is 0 Å². The van der Waals surface area contributed by atoms with E-state index in [2.05, 4.69) is 0 Å². The molecule has 10 N–H and O–H groups in total. The summed E-state index contributed by atoms with van der Waals surface area (Å²) < 4.78 is 0. The van der Waals surface area contributed by atoms with Gasteiger partial charge >= 0.3 is 16.5 Å². The number of carboxylic acid groups (broad SMARTS) is 2. The van der Waals surface area contributed by atoms with Crippen LogP contribution in [-0.2, 0) is 26.1 Å². The zero-order valence-electron chi connectivity index (χ0n) is 9.00. The van der Waals surface area contributed by atoms with Crippen LogP contribution < -0.4 is 10.2 Å². The normalized spacial score (nSPS) is 9.65. The van der Waals surface area contributed by atoms with E-state index in [1.165, 1.54) is 0 Å². The fourth-order valence-corrected chi connectivity index (χ4v) is 0. The maximum atomic E-state index is 9.34. The van der Waals surface area contributed by atoms with Gasteiger partial charge in [-0.25, -0.2) is 0 Å². The van der Waals surface area contributed by atoms with E-state index in [0.717, 1.165) is 13.8 Å². The van der Waals surface area contributed by atoms with Crippen LogP contribution in [0.3, 0.4) is 0 Å². The second-order valence-electron chi connectivity index (χ2n) is 1.99. The number of carbonyl (C=O) groups excluding carboxylic acids is 2. The van der Waals surface area contributed by atoms with Crippen LogP contribution in [0.15, 0.2) is 0 Å². The van der Waals surface area contributed by atoms with Crippen LogP contribution in [0.4, 0.5) is 0 Å². The molecule has 0 rings (SSSR count). The molecule has 0 aliphatic heterocycles. The minimum absolute atomic E-state index is 0. The summed E-state index contributed by atoms with van der Waals surface area (Å²) in [4.78, 5) is 18.7. The topological polar surface area (TPSA) is 247 Å².